The molecule has 3 unspecified atom stereocenters. The van der Waals surface area contributed by atoms with Crippen molar-refractivity contribution >= 4 is 17.5 Å². The number of carbonyl (C=O) groups is 2. The number of rotatable bonds is 5. The molecular formula is C20H28N2O3. The molecule has 0 saturated heterocycles. The maximum atomic E-state index is 12.4. The molecule has 3 atom stereocenters. The SMILES string of the molecule is O=C(CCC1Cc2ccccc2NC1=O)NC1CCCCCC1CO. The van der Waals surface area contributed by atoms with E-state index >= 15 is 0 Å². The molecule has 5 heteroatoms. The van der Waals surface area contributed by atoms with Crippen LogP contribution in [-0.4, -0.2) is 29.6 Å². The molecule has 1 heterocycles. The van der Waals surface area contributed by atoms with E-state index in [-0.39, 0.29) is 36.3 Å². The highest BCUT2D eigenvalue weighted by molar-refractivity contribution is 5.96. The van der Waals surface area contributed by atoms with Crippen LogP contribution >= 0.6 is 0 Å². The number of para-hydroxylation sites is 1. The topological polar surface area (TPSA) is 78.4 Å². The van der Waals surface area contributed by atoms with Gasteiger partial charge < -0.3 is 15.7 Å². The molecule has 3 N–H and O–H groups in total. The fourth-order valence-corrected chi connectivity index (χ4v) is 4.02. The first-order valence-corrected chi connectivity index (χ1v) is 9.46. The summed E-state index contributed by atoms with van der Waals surface area (Å²) in [6.45, 7) is 0.132. The van der Waals surface area contributed by atoms with E-state index in [9.17, 15) is 14.7 Å². The number of nitrogens with one attached hydrogen (secondary N) is 2. The smallest absolute Gasteiger partial charge is 0.227 e. The van der Waals surface area contributed by atoms with Crippen molar-refractivity contribution in [2.75, 3.05) is 11.9 Å². The van der Waals surface area contributed by atoms with Crippen LogP contribution in [0.2, 0.25) is 0 Å². The zero-order valence-electron chi connectivity index (χ0n) is 14.7. The summed E-state index contributed by atoms with van der Waals surface area (Å²) >= 11 is 0. The predicted octanol–water partition coefficient (Wildman–Crippen LogP) is 2.64. The number of aliphatic hydroxyl groups is 1. The highest BCUT2D eigenvalue weighted by Gasteiger charge is 2.28. The van der Waals surface area contributed by atoms with Gasteiger partial charge in [0.2, 0.25) is 11.8 Å². The van der Waals surface area contributed by atoms with Crippen molar-refractivity contribution in [1.82, 2.24) is 5.32 Å². The van der Waals surface area contributed by atoms with Gasteiger partial charge in [-0.05, 0) is 37.3 Å². The van der Waals surface area contributed by atoms with E-state index in [1.54, 1.807) is 0 Å². The molecule has 1 aliphatic carbocycles. The number of anilines is 1. The summed E-state index contributed by atoms with van der Waals surface area (Å²) < 4.78 is 0. The van der Waals surface area contributed by atoms with Crippen LogP contribution in [0.4, 0.5) is 5.69 Å². The first-order chi connectivity index (χ1) is 12.2. The average molecular weight is 344 g/mol. The van der Waals surface area contributed by atoms with E-state index in [0.29, 0.717) is 19.3 Å². The summed E-state index contributed by atoms with van der Waals surface area (Å²) in [4.78, 5) is 24.6. The maximum absolute atomic E-state index is 12.4. The minimum absolute atomic E-state index is 0.00277. The maximum Gasteiger partial charge on any atom is 0.227 e. The second-order valence-corrected chi connectivity index (χ2v) is 7.34. The van der Waals surface area contributed by atoms with Crippen molar-refractivity contribution in [3.63, 3.8) is 0 Å². The van der Waals surface area contributed by atoms with Crippen molar-refractivity contribution in [2.45, 2.75) is 57.4 Å². The molecule has 0 aromatic heterocycles. The van der Waals surface area contributed by atoms with Crippen LogP contribution in [-0.2, 0) is 16.0 Å². The lowest BCUT2D eigenvalue weighted by atomic mass is 9.89. The Morgan fingerprint density at radius 3 is 2.84 bits per heavy atom. The molecule has 1 saturated carbocycles. The summed E-state index contributed by atoms with van der Waals surface area (Å²) in [5, 5.41) is 15.6. The molecular weight excluding hydrogens is 316 g/mol. The van der Waals surface area contributed by atoms with E-state index in [1.165, 1.54) is 6.42 Å². The molecule has 136 valence electrons. The highest BCUT2D eigenvalue weighted by atomic mass is 16.3. The Morgan fingerprint density at radius 2 is 2.00 bits per heavy atom. The normalized spacial score (nSPS) is 26.3. The molecule has 0 radical (unpaired) electrons. The molecule has 5 nitrogen and oxygen atoms in total. The Bertz CT molecular complexity index is 617. The van der Waals surface area contributed by atoms with Crippen molar-refractivity contribution in [3.8, 4) is 0 Å². The largest absolute Gasteiger partial charge is 0.396 e. The Morgan fingerprint density at radius 1 is 1.20 bits per heavy atom. The summed E-state index contributed by atoms with van der Waals surface area (Å²) in [5.74, 6) is 0.0194. The molecule has 0 bridgehead atoms. The van der Waals surface area contributed by atoms with Crippen LogP contribution in [0.3, 0.4) is 0 Å². The predicted molar refractivity (Wildman–Crippen MR) is 97.1 cm³/mol. The second kappa shape index (κ2) is 8.48. The number of hydrogen-bond acceptors (Lipinski definition) is 3. The third-order valence-electron chi connectivity index (χ3n) is 5.57. The fourth-order valence-electron chi connectivity index (χ4n) is 4.02. The fraction of sp³-hybridized carbons (Fsp3) is 0.600. The number of carbonyl (C=O) groups excluding carboxylic acids is 2. The number of benzene rings is 1. The molecule has 2 amide bonds. The minimum Gasteiger partial charge on any atom is -0.396 e. The molecule has 1 aliphatic heterocycles. The minimum atomic E-state index is -0.150. The van der Waals surface area contributed by atoms with E-state index in [1.807, 2.05) is 24.3 Å². The lowest BCUT2D eigenvalue weighted by Gasteiger charge is -2.26. The molecule has 1 aromatic carbocycles. The van der Waals surface area contributed by atoms with Crippen molar-refractivity contribution in [1.29, 1.82) is 0 Å². The summed E-state index contributed by atoms with van der Waals surface area (Å²) in [6.07, 6.45) is 6.92. The number of aliphatic hydroxyl groups excluding tert-OH is 1. The molecule has 3 rings (SSSR count). The highest BCUT2D eigenvalue weighted by Crippen LogP contribution is 2.28. The zero-order chi connectivity index (χ0) is 17.6. The second-order valence-electron chi connectivity index (χ2n) is 7.34. The molecule has 0 spiro atoms. The van der Waals surface area contributed by atoms with Gasteiger partial charge in [-0.2, -0.15) is 0 Å². The molecule has 1 fully saturated rings. The Labute approximate surface area is 149 Å². The number of amides is 2. The van der Waals surface area contributed by atoms with Gasteiger partial charge in [-0.25, -0.2) is 0 Å². The number of hydrogen-bond donors (Lipinski definition) is 3. The standard InChI is InChI=1S/C20H28N2O3/c23-13-16-7-2-1-3-8-18(16)21-19(24)11-10-15-12-14-6-4-5-9-17(14)22-20(15)25/h4-6,9,15-16,18,23H,1-3,7-8,10-13H2,(H,21,24)(H,22,25). The van der Waals surface area contributed by atoms with Crippen LogP contribution < -0.4 is 10.6 Å². The first-order valence-electron chi connectivity index (χ1n) is 9.46. The van der Waals surface area contributed by atoms with Crippen LogP contribution in [0.5, 0.6) is 0 Å². The van der Waals surface area contributed by atoms with Gasteiger partial charge in [0.05, 0.1) is 0 Å². The Balaban J connectivity index is 1.51. The third-order valence-corrected chi connectivity index (χ3v) is 5.57. The molecule has 1 aromatic rings. The van der Waals surface area contributed by atoms with Crippen molar-refractivity contribution in [3.05, 3.63) is 29.8 Å². The van der Waals surface area contributed by atoms with Gasteiger partial charge in [0.1, 0.15) is 0 Å². The monoisotopic (exact) mass is 344 g/mol. The lowest BCUT2D eigenvalue weighted by Crippen LogP contribution is -2.41. The van der Waals surface area contributed by atoms with Crippen LogP contribution in [0.25, 0.3) is 0 Å². The van der Waals surface area contributed by atoms with Gasteiger partial charge in [-0.3, -0.25) is 9.59 Å². The van der Waals surface area contributed by atoms with Gasteiger partial charge in [-0.1, -0.05) is 37.5 Å². The van der Waals surface area contributed by atoms with Crippen LogP contribution in [0.15, 0.2) is 24.3 Å². The van der Waals surface area contributed by atoms with Crippen LogP contribution in [0.1, 0.15) is 50.5 Å². The van der Waals surface area contributed by atoms with Crippen molar-refractivity contribution in [2.24, 2.45) is 11.8 Å². The summed E-state index contributed by atoms with van der Waals surface area (Å²) in [7, 11) is 0. The van der Waals surface area contributed by atoms with Crippen LogP contribution in [0, 0.1) is 11.8 Å². The Kier molecular flexibility index (Phi) is 6.08. The third kappa shape index (κ3) is 4.60. The quantitative estimate of drug-likeness (QED) is 0.719. The molecule has 2 aliphatic rings. The first kappa shape index (κ1) is 17.9. The summed E-state index contributed by atoms with van der Waals surface area (Å²) in [6, 6.07) is 7.90. The van der Waals surface area contributed by atoms with Gasteiger partial charge >= 0.3 is 0 Å². The van der Waals surface area contributed by atoms with Gasteiger partial charge in [0, 0.05) is 36.6 Å². The molecule has 25 heavy (non-hydrogen) atoms. The average Bonchev–Trinajstić information content (AvgIpc) is 2.84. The number of fused-ring (bicyclic) bond motifs is 1. The van der Waals surface area contributed by atoms with E-state index in [2.05, 4.69) is 10.6 Å². The van der Waals surface area contributed by atoms with E-state index in [4.69, 9.17) is 0 Å². The summed E-state index contributed by atoms with van der Waals surface area (Å²) in [5.41, 5.74) is 2.02. The lowest BCUT2D eigenvalue weighted by molar-refractivity contribution is -0.123. The zero-order valence-corrected chi connectivity index (χ0v) is 14.7. The van der Waals surface area contributed by atoms with E-state index in [0.717, 1.165) is 36.9 Å². The van der Waals surface area contributed by atoms with Gasteiger partial charge in [0.25, 0.3) is 0 Å². The van der Waals surface area contributed by atoms with E-state index < -0.39 is 0 Å². The van der Waals surface area contributed by atoms with Gasteiger partial charge in [0.15, 0.2) is 0 Å². The van der Waals surface area contributed by atoms with Crippen molar-refractivity contribution < 1.29 is 14.7 Å². The Hall–Kier alpha value is -1.88. The van der Waals surface area contributed by atoms with Gasteiger partial charge in [-0.15, -0.1) is 0 Å².